The van der Waals surface area contributed by atoms with Crippen LogP contribution >= 0.6 is 22.7 Å². The number of anilines is 2. The van der Waals surface area contributed by atoms with Crippen LogP contribution in [0, 0.1) is 17.8 Å². The molecule has 5 aromatic rings. The van der Waals surface area contributed by atoms with E-state index < -0.39 is 0 Å². The number of fused-ring (bicyclic) bond motifs is 7. The van der Waals surface area contributed by atoms with Crippen molar-refractivity contribution in [3.63, 3.8) is 0 Å². The molecule has 4 atom stereocenters. The van der Waals surface area contributed by atoms with E-state index in [1.807, 2.05) is 20.8 Å². The highest BCUT2D eigenvalue weighted by molar-refractivity contribution is 7.17. The Hall–Kier alpha value is -6.15. The lowest BCUT2D eigenvalue weighted by atomic mass is 9.84. The molecule has 2 bridgehead atoms. The number of aromatic nitrogens is 6. The van der Waals surface area contributed by atoms with Crippen molar-refractivity contribution >= 4 is 68.3 Å². The largest absolute Gasteiger partial charge is 0.466 e. The van der Waals surface area contributed by atoms with Gasteiger partial charge in [-0.2, -0.15) is 15.3 Å². The molecular formula is C76H105N9O9S2. The summed E-state index contributed by atoms with van der Waals surface area (Å²) in [6.07, 6.45) is 44.3. The first-order valence-electron chi connectivity index (χ1n) is 38.0. The fourth-order valence-electron chi connectivity index (χ4n) is 18.5. The van der Waals surface area contributed by atoms with Crippen LogP contribution in [0.25, 0.3) is 0 Å². The summed E-state index contributed by atoms with van der Waals surface area (Å²) in [6.45, 7) is 6.55. The molecule has 3 amide bonds. The van der Waals surface area contributed by atoms with E-state index >= 15 is 0 Å². The molecule has 0 saturated heterocycles. The monoisotopic (exact) mass is 1350 g/mol. The maximum absolute atomic E-state index is 13.6. The van der Waals surface area contributed by atoms with Gasteiger partial charge in [-0.15, -0.1) is 22.7 Å². The van der Waals surface area contributed by atoms with Crippen LogP contribution in [0.2, 0.25) is 0 Å². The van der Waals surface area contributed by atoms with Crippen molar-refractivity contribution in [1.29, 1.82) is 0 Å². The zero-order chi connectivity index (χ0) is 66.2. The third-order valence-electron chi connectivity index (χ3n) is 23.0. The molecule has 520 valence electrons. The lowest BCUT2D eigenvalue weighted by Gasteiger charge is -2.30. The molecule has 18 nitrogen and oxygen atoms in total. The average Bonchev–Trinajstić information content (AvgIpc) is 1.64. The van der Waals surface area contributed by atoms with Gasteiger partial charge in [-0.05, 0) is 229 Å². The summed E-state index contributed by atoms with van der Waals surface area (Å²) in [7, 11) is 0. The molecule has 5 aromatic heterocycles. The van der Waals surface area contributed by atoms with Crippen LogP contribution in [0.1, 0.15) is 327 Å². The van der Waals surface area contributed by atoms with E-state index in [4.69, 9.17) is 29.5 Å². The van der Waals surface area contributed by atoms with Gasteiger partial charge in [0.1, 0.15) is 10.0 Å². The van der Waals surface area contributed by atoms with E-state index in [2.05, 4.69) is 30.0 Å². The van der Waals surface area contributed by atoms with Crippen molar-refractivity contribution in [2.24, 2.45) is 17.8 Å². The summed E-state index contributed by atoms with van der Waals surface area (Å²) in [5.41, 5.74) is 13.2. The summed E-state index contributed by atoms with van der Waals surface area (Å²) in [4.78, 5) is 80.4. The van der Waals surface area contributed by atoms with Crippen LogP contribution in [-0.2, 0) is 94.4 Å². The number of ether oxygens (including phenoxy) is 3. The Kier molecular flexibility index (Phi) is 22.6. The van der Waals surface area contributed by atoms with Crippen LogP contribution in [0.5, 0.6) is 0 Å². The Labute approximate surface area is 575 Å². The standard InChI is InChI=1S/C26H35N3O3S.C26H39N3O3.C24H31N3O3S/c1-2-32-26(31)22-19-14-7-4-8-16-21(19)33-25(22)27-24(30)23-18-13-9-10-15-20(18)29(28-23)17-11-5-3-6-12-17;1-2-32-26(31)24-17-12-13-18(16-17)25(24)27-23(30)15-14-21-20-10-6-7-11-22(20)29(28-21)19-8-4-3-5-9-19;1-2-30-24(29)20-17-12-8-14-19(17)31-23(20)25-22(28)21-16-11-6-7-13-18(16)27(26-21)15-9-4-3-5-10-15/h17H,2-16H2,1H3,(H,27,30);17-19,24-25H,2-16H2,1H3,(H,27,30);15H,2-14H2,1H3,(H,25,28)/t;17?,18?,24-,25+;/m.0./s1. The van der Waals surface area contributed by atoms with Gasteiger partial charge in [-0.3, -0.25) is 33.2 Å². The van der Waals surface area contributed by atoms with Crippen molar-refractivity contribution in [3.05, 3.63) is 82.9 Å². The van der Waals surface area contributed by atoms with E-state index in [0.717, 1.165) is 182 Å². The van der Waals surface area contributed by atoms with Crippen LogP contribution in [-0.4, -0.2) is 90.8 Å². The van der Waals surface area contributed by atoms with Gasteiger partial charge in [0.25, 0.3) is 11.8 Å². The first-order chi connectivity index (χ1) is 47.0. The van der Waals surface area contributed by atoms with E-state index in [-0.39, 0.29) is 47.6 Å². The summed E-state index contributed by atoms with van der Waals surface area (Å²) in [6, 6.07) is 1.34. The topological polar surface area (TPSA) is 220 Å². The number of rotatable bonds is 17. The predicted molar refractivity (Wildman–Crippen MR) is 374 cm³/mol. The van der Waals surface area contributed by atoms with Crippen molar-refractivity contribution in [2.75, 3.05) is 30.5 Å². The van der Waals surface area contributed by atoms with Crippen molar-refractivity contribution < 1.29 is 43.0 Å². The minimum Gasteiger partial charge on any atom is -0.466 e. The Morgan fingerprint density at radius 1 is 0.438 bits per heavy atom. The summed E-state index contributed by atoms with van der Waals surface area (Å²) in [5.74, 6) is -0.411. The highest BCUT2D eigenvalue weighted by atomic mass is 32.1. The van der Waals surface area contributed by atoms with Crippen LogP contribution in [0.15, 0.2) is 0 Å². The molecule has 5 saturated carbocycles. The number of carbonyl (C=O) groups is 6. The molecule has 0 spiro atoms. The second-order valence-electron chi connectivity index (χ2n) is 29.1. The summed E-state index contributed by atoms with van der Waals surface area (Å²) >= 11 is 3.09. The third-order valence-corrected chi connectivity index (χ3v) is 25.5. The third kappa shape index (κ3) is 14.8. The number of hydrogen-bond donors (Lipinski definition) is 3. The molecule has 96 heavy (non-hydrogen) atoms. The van der Waals surface area contributed by atoms with Gasteiger partial charge in [0.05, 0.1) is 60.7 Å². The number of nitrogens with one attached hydrogen (secondary N) is 3. The maximum atomic E-state index is 13.6. The smallest absolute Gasteiger partial charge is 0.341 e. The maximum Gasteiger partial charge on any atom is 0.341 e. The molecule has 5 heterocycles. The van der Waals surface area contributed by atoms with Gasteiger partial charge in [-0.1, -0.05) is 64.2 Å². The summed E-state index contributed by atoms with van der Waals surface area (Å²) < 4.78 is 22.8. The highest BCUT2D eigenvalue weighted by Crippen LogP contribution is 2.50. The SMILES string of the molecule is CCOC(=O)[C@H]1C2CCC(C2)[C@H]1NC(=O)CCc1nn(C2CCCCC2)c2c1CCCC2.CCOC(=O)c1c(NC(=O)c2nn(C3CCCCC3)c3c2CCCC3)sc2c1CCC2.CCOC(=O)c1c(NC(=O)c2nn(C3CCCCC3)c3c2CCCC3)sc2c1CCCCC2. The molecule has 10 aliphatic rings. The Morgan fingerprint density at radius 2 is 0.844 bits per heavy atom. The second-order valence-corrected chi connectivity index (χ2v) is 31.3. The van der Waals surface area contributed by atoms with Crippen molar-refractivity contribution in [1.82, 2.24) is 34.7 Å². The fourth-order valence-corrected chi connectivity index (χ4v) is 21.0. The molecule has 0 aliphatic heterocycles. The van der Waals surface area contributed by atoms with Gasteiger partial charge < -0.3 is 30.2 Å². The van der Waals surface area contributed by atoms with Crippen LogP contribution in [0.4, 0.5) is 10.0 Å². The molecule has 15 rings (SSSR count). The number of thiophene rings is 2. The number of hydrogen-bond acceptors (Lipinski definition) is 14. The van der Waals surface area contributed by atoms with Crippen molar-refractivity contribution in [2.45, 2.75) is 302 Å². The number of amides is 3. The van der Waals surface area contributed by atoms with Gasteiger partial charge in [0.2, 0.25) is 5.91 Å². The van der Waals surface area contributed by atoms with E-state index in [0.29, 0.717) is 95.1 Å². The first-order valence-corrected chi connectivity index (χ1v) is 39.6. The quantitative estimate of drug-likeness (QED) is 0.0450. The number of nitrogens with zero attached hydrogens (tertiary/aromatic N) is 6. The summed E-state index contributed by atoms with van der Waals surface area (Å²) in [5, 5.41) is 25.6. The Bertz CT molecular complexity index is 3610. The molecule has 3 N–H and O–H groups in total. The molecule has 5 fully saturated rings. The van der Waals surface area contributed by atoms with Crippen molar-refractivity contribution in [3.8, 4) is 0 Å². The molecule has 2 unspecified atom stereocenters. The van der Waals surface area contributed by atoms with E-state index in [1.165, 1.54) is 134 Å². The number of aryl methyl sites for hydroxylation is 3. The average molecular weight is 1350 g/mol. The molecule has 0 aromatic carbocycles. The molecule has 20 heteroatoms. The van der Waals surface area contributed by atoms with Gasteiger partial charge >= 0.3 is 17.9 Å². The highest BCUT2D eigenvalue weighted by Gasteiger charge is 2.52. The lowest BCUT2D eigenvalue weighted by Crippen LogP contribution is -2.47. The second kappa shape index (κ2) is 31.8. The minimum absolute atomic E-state index is 0.0472. The van der Waals surface area contributed by atoms with Gasteiger partial charge in [0.15, 0.2) is 11.4 Å². The fraction of sp³-hybridized carbons (Fsp3) is 0.697. The lowest BCUT2D eigenvalue weighted by molar-refractivity contribution is -0.151. The van der Waals surface area contributed by atoms with Crippen LogP contribution in [0.3, 0.4) is 0 Å². The van der Waals surface area contributed by atoms with Gasteiger partial charge in [-0.25, -0.2) is 9.59 Å². The van der Waals surface area contributed by atoms with E-state index in [9.17, 15) is 28.8 Å². The molecule has 0 radical (unpaired) electrons. The number of esters is 3. The molecule has 10 aliphatic carbocycles. The first kappa shape index (κ1) is 68.4. The minimum atomic E-state index is -0.327. The predicted octanol–water partition coefficient (Wildman–Crippen LogP) is 15.6. The zero-order valence-corrected chi connectivity index (χ0v) is 59.3. The van der Waals surface area contributed by atoms with E-state index in [1.54, 1.807) is 11.3 Å². The van der Waals surface area contributed by atoms with Gasteiger partial charge in [0, 0.05) is 56.8 Å². The zero-order valence-electron chi connectivity index (χ0n) is 57.6. The Morgan fingerprint density at radius 3 is 1.35 bits per heavy atom. The normalized spacial score (nSPS) is 22.3. The Balaban J connectivity index is 0.000000130. The van der Waals surface area contributed by atoms with Crippen LogP contribution < -0.4 is 16.0 Å². The molecular weight excluding hydrogens is 1250 g/mol. The number of carbonyl (C=O) groups excluding carboxylic acids is 6.